The van der Waals surface area contributed by atoms with Crippen LogP contribution in [0.25, 0.3) is 11.3 Å². The minimum absolute atomic E-state index is 0.0296. The Morgan fingerprint density at radius 1 is 0.974 bits per heavy atom. The second kappa shape index (κ2) is 12.3. The van der Waals surface area contributed by atoms with Gasteiger partial charge in [0.1, 0.15) is 12.4 Å². The zero-order valence-electron chi connectivity index (χ0n) is 22.3. The summed E-state index contributed by atoms with van der Waals surface area (Å²) in [5, 5.41) is 8.88. The molecule has 1 aromatic heterocycles. The number of halogens is 1. The van der Waals surface area contributed by atoms with E-state index in [4.69, 9.17) is 4.74 Å². The first-order chi connectivity index (χ1) is 19.0. The Morgan fingerprint density at radius 3 is 2.51 bits per heavy atom. The molecule has 3 heterocycles. The van der Waals surface area contributed by atoms with Crippen LogP contribution in [-0.2, 0) is 9.53 Å². The Morgan fingerprint density at radius 2 is 1.79 bits per heavy atom. The third-order valence-electron chi connectivity index (χ3n) is 7.34. The molecule has 9 heteroatoms. The molecule has 39 heavy (non-hydrogen) atoms. The molecule has 2 aliphatic heterocycles. The number of ether oxygens (including phenoxy) is 1. The van der Waals surface area contributed by atoms with Gasteiger partial charge in [0, 0.05) is 44.9 Å². The Kier molecular flexibility index (Phi) is 8.46. The average molecular weight is 532 g/mol. The van der Waals surface area contributed by atoms with Crippen molar-refractivity contribution in [2.75, 3.05) is 50.8 Å². The van der Waals surface area contributed by atoms with Gasteiger partial charge in [-0.15, -0.1) is 10.2 Å². The maximum Gasteiger partial charge on any atom is 0.257 e. The van der Waals surface area contributed by atoms with E-state index in [9.17, 15) is 14.0 Å². The molecule has 0 bridgehead atoms. The SMILES string of the molecule is Cc1ccc(-c2ccc(N3CCCN(C(=O)CN(C[C@H]4CCCO4)C(=O)c4ccccc4F)CC3)nn2)cc1. The van der Waals surface area contributed by atoms with Gasteiger partial charge < -0.3 is 19.4 Å². The number of nitrogens with zero attached hydrogens (tertiary/aromatic N) is 5. The van der Waals surface area contributed by atoms with Crippen molar-refractivity contribution in [2.24, 2.45) is 0 Å². The molecule has 2 saturated heterocycles. The van der Waals surface area contributed by atoms with Gasteiger partial charge in [0.25, 0.3) is 5.91 Å². The molecule has 3 aromatic rings. The van der Waals surface area contributed by atoms with Crippen LogP contribution in [0.2, 0.25) is 0 Å². The quantitative estimate of drug-likeness (QED) is 0.460. The van der Waals surface area contributed by atoms with E-state index in [1.807, 2.05) is 24.3 Å². The first-order valence-corrected chi connectivity index (χ1v) is 13.6. The van der Waals surface area contributed by atoms with Crippen LogP contribution in [0.5, 0.6) is 0 Å². The van der Waals surface area contributed by atoms with Crippen LogP contribution >= 0.6 is 0 Å². The maximum absolute atomic E-state index is 14.4. The molecule has 0 saturated carbocycles. The highest BCUT2D eigenvalue weighted by Crippen LogP contribution is 2.21. The van der Waals surface area contributed by atoms with Crippen molar-refractivity contribution in [1.29, 1.82) is 0 Å². The molecule has 8 nitrogen and oxygen atoms in total. The van der Waals surface area contributed by atoms with Crippen LogP contribution in [0.1, 0.15) is 35.2 Å². The highest BCUT2D eigenvalue weighted by molar-refractivity contribution is 5.96. The van der Waals surface area contributed by atoms with Crippen LogP contribution in [-0.4, -0.2) is 83.8 Å². The lowest BCUT2D eigenvalue weighted by Gasteiger charge is -2.28. The molecule has 2 amide bonds. The van der Waals surface area contributed by atoms with Gasteiger partial charge in [-0.1, -0.05) is 42.0 Å². The minimum Gasteiger partial charge on any atom is -0.376 e. The number of hydrogen-bond acceptors (Lipinski definition) is 6. The fraction of sp³-hybridized carbons (Fsp3) is 0.400. The number of rotatable bonds is 7. The summed E-state index contributed by atoms with van der Waals surface area (Å²) < 4.78 is 20.1. The molecule has 2 fully saturated rings. The highest BCUT2D eigenvalue weighted by atomic mass is 19.1. The summed E-state index contributed by atoms with van der Waals surface area (Å²) in [6.45, 7) is 5.27. The number of aromatic nitrogens is 2. The van der Waals surface area contributed by atoms with Crippen LogP contribution in [0.3, 0.4) is 0 Å². The topological polar surface area (TPSA) is 78.9 Å². The largest absolute Gasteiger partial charge is 0.376 e. The van der Waals surface area contributed by atoms with Gasteiger partial charge in [0.05, 0.1) is 17.4 Å². The zero-order chi connectivity index (χ0) is 27.2. The summed E-state index contributed by atoms with van der Waals surface area (Å²) in [6.07, 6.45) is 2.35. The lowest BCUT2D eigenvalue weighted by Crippen LogP contribution is -2.46. The van der Waals surface area contributed by atoms with E-state index in [0.717, 1.165) is 42.9 Å². The fourth-order valence-electron chi connectivity index (χ4n) is 5.09. The van der Waals surface area contributed by atoms with Gasteiger partial charge in [-0.3, -0.25) is 9.59 Å². The van der Waals surface area contributed by atoms with E-state index in [0.29, 0.717) is 26.2 Å². The van der Waals surface area contributed by atoms with Crippen molar-refractivity contribution in [1.82, 2.24) is 20.0 Å². The molecule has 0 unspecified atom stereocenters. The first kappa shape index (κ1) is 26.7. The van der Waals surface area contributed by atoms with E-state index in [1.54, 1.807) is 17.0 Å². The van der Waals surface area contributed by atoms with Gasteiger partial charge in [-0.2, -0.15) is 0 Å². The second-order valence-corrected chi connectivity index (χ2v) is 10.2. The number of amides is 2. The third-order valence-corrected chi connectivity index (χ3v) is 7.34. The van der Waals surface area contributed by atoms with E-state index >= 15 is 0 Å². The van der Waals surface area contributed by atoms with E-state index < -0.39 is 11.7 Å². The molecular formula is C30H34FN5O3. The molecule has 0 radical (unpaired) electrons. The third kappa shape index (κ3) is 6.60. The molecule has 0 aliphatic carbocycles. The van der Waals surface area contributed by atoms with Crippen molar-refractivity contribution in [3.8, 4) is 11.3 Å². The van der Waals surface area contributed by atoms with Crippen LogP contribution in [0.15, 0.2) is 60.7 Å². The van der Waals surface area contributed by atoms with Gasteiger partial charge >= 0.3 is 0 Å². The summed E-state index contributed by atoms with van der Waals surface area (Å²) in [6, 6.07) is 18.0. The Bertz CT molecular complexity index is 1280. The molecule has 0 spiro atoms. The predicted molar refractivity (Wildman–Crippen MR) is 147 cm³/mol. The molecule has 5 rings (SSSR count). The molecular weight excluding hydrogens is 497 g/mol. The standard InChI is InChI=1S/C30H34FN5O3/c1-22-9-11-23(12-10-22)27-13-14-28(33-32-27)34-15-5-16-35(18-17-34)29(37)21-36(20-24-6-4-19-39-24)30(38)25-7-2-3-8-26(25)31/h2-3,7-14,24H,4-6,15-21H2,1H3/t24-/m1/s1. The predicted octanol–water partition coefficient (Wildman–Crippen LogP) is 3.95. The molecule has 2 aliphatic rings. The normalized spacial score (nSPS) is 17.6. The lowest BCUT2D eigenvalue weighted by atomic mass is 10.1. The molecule has 1 atom stereocenters. The number of carbonyl (C=O) groups excluding carboxylic acids is 2. The summed E-state index contributed by atoms with van der Waals surface area (Å²) in [7, 11) is 0. The van der Waals surface area contributed by atoms with Crippen molar-refractivity contribution >= 4 is 17.6 Å². The second-order valence-electron chi connectivity index (χ2n) is 10.2. The van der Waals surface area contributed by atoms with Gasteiger partial charge in [-0.25, -0.2) is 4.39 Å². The first-order valence-electron chi connectivity index (χ1n) is 13.6. The van der Waals surface area contributed by atoms with Gasteiger partial charge in [0.2, 0.25) is 5.91 Å². The van der Waals surface area contributed by atoms with E-state index in [-0.39, 0.29) is 30.7 Å². The number of benzene rings is 2. The summed E-state index contributed by atoms with van der Waals surface area (Å²) >= 11 is 0. The Hall–Kier alpha value is -3.85. The Labute approximate surface area is 228 Å². The number of carbonyl (C=O) groups is 2. The fourth-order valence-corrected chi connectivity index (χ4v) is 5.09. The zero-order valence-corrected chi connectivity index (χ0v) is 22.3. The van der Waals surface area contributed by atoms with Gasteiger partial charge in [-0.05, 0) is 50.5 Å². The van der Waals surface area contributed by atoms with Crippen molar-refractivity contribution in [3.63, 3.8) is 0 Å². The minimum atomic E-state index is -0.591. The Balaban J connectivity index is 1.22. The maximum atomic E-state index is 14.4. The summed E-state index contributed by atoms with van der Waals surface area (Å²) in [5.74, 6) is -0.459. The van der Waals surface area contributed by atoms with Gasteiger partial charge in [0.15, 0.2) is 5.82 Å². The van der Waals surface area contributed by atoms with E-state index in [2.05, 4.69) is 34.2 Å². The van der Waals surface area contributed by atoms with Crippen LogP contribution in [0, 0.1) is 12.7 Å². The van der Waals surface area contributed by atoms with Crippen molar-refractivity contribution in [2.45, 2.75) is 32.3 Å². The monoisotopic (exact) mass is 531 g/mol. The van der Waals surface area contributed by atoms with Crippen molar-refractivity contribution < 1.29 is 18.7 Å². The molecule has 0 N–H and O–H groups in total. The number of anilines is 1. The molecule has 2 aromatic carbocycles. The lowest BCUT2D eigenvalue weighted by molar-refractivity contribution is -0.132. The van der Waals surface area contributed by atoms with Crippen LogP contribution in [0.4, 0.5) is 10.2 Å². The van der Waals surface area contributed by atoms with E-state index in [1.165, 1.54) is 22.6 Å². The smallest absolute Gasteiger partial charge is 0.257 e. The summed E-state index contributed by atoms with van der Waals surface area (Å²) in [5.41, 5.74) is 3.00. The average Bonchev–Trinajstić information content (AvgIpc) is 3.34. The van der Waals surface area contributed by atoms with Crippen molar-refractivity contribution in [3.05, 3.63) is 77.6 Å². The van der Waals surface area contributed by atoms with Crippen LogP contribution < -0.4 is 4.90 Å². The number of aryl methyl sites for hydroxylation is 1. The summed E-state index contributed by atoms with van der Waals surface area (Å²) in [4.78, 5) is 32.0. The molecule has 204 valence electrons. The highest BCUT2D eigenvalue weighted by Gasteiger charge is 2.29. The number of hydrogen-bond donors (Lipinski definition) is 0.